The lowest BCUT2D eigenvalue weighted by Gasteiger charge is -2.36. The number of hydrogen-bond donors (Lipinski definition) is 0. The van der Waals surface area contributed by atoms with Crippen molar-refractivity contribution in [2.45, 2.75) is 5.03 Å². The summed E-state index contributed by atoms with van der Waals surface area (Å²) in [5.41, 5.74) is 2.22. The average Bonchev–Trinajstić information content (AvgIpc) is 3.28. The molecule has 0 N–H and O–H groups in total. The molecule has 32 heavy (non-hydrogen) atoms. The Morgan fingerprint density at radius 2 is 1.72 bits per heavy atom. The maximum absolute atomic E-state index is 14.0. The molecule has 3 heterocycles. The van der Waals surface area contributed by atoms with Crippen LogP contribution in [0.5, 0.6) is 0 Å². The molecular formula is C23H21FN6OS. The molecule has 1 amide bonds. The summed E-state index contributed by atoms with van der Waals surface area (Å²) >= 11 is 1.39. The smallest absolute Gasteiger partial charge is 0.233 e. The van der Waals surface area contributed by atoms with E-state index in [1.807, 2.05) is 46.2 Å². The second-order valence-electron chi connectivity index (χ2n) is 7.42. The number of nitrogens with zero attached hydrogens (tertiary/aromatic N) is 6. The van der Waals surface area contributed by atoms with E-state index in [0.29, 0.717) is 37.5 Å². The number of anilines is 1. The molecule has 0 bridgehead atoms. The van der Waals surface area contributed by atoms with Gasteiger partial charge in [-0.15, -0.1) is 0 Å². The van der Waals surface area contributed by atoms with Crippen LogP contribution in [0.3, 0.4) is 0 Å². The van der Waals surface area contributed by atoms with Gasteiger partial charge < -0.3 is 9.80 Å². The van der Waals surface area contributed by atoms with Crippen LogP contribution < -0.4 is 4.90 Å². The quantitative estimate of drug-likeness (QED) is 0.344. The van der Waals surface area contributed by atoms with Crippen molar-refractivity contribution in [2.24, 2.45) is 0 Å². The number of rotatable bonds is 5. The van der Waals surface area contributed by atoms with Crippen molar-refractivity contribution in [2.75, 3.05) is 36.8 Å². The fourth-order valence-corrected chi connectivity index (χ4v) is 4.69. The first-order valence-corrected chi connectivity index (χ1v) is 11.3. The second kappa shape index (κ2) is 8.96. The van der Waals surface area contributed by atoms with Crippen molar-refractivity contribution in [3.8, 4) is 5.69 Å². The van der Waals surface area contributed by atoms with Crippen LogP contribution in [0.1, 0.15) is 0 Å². The number of thioether (sulfide) groups is 1. The number of fused-ring (bicyclic) bond motifs is 1. The summed E-state index contributed by atoms with van der Waals surface area (Å²) in [4.78, 5) is 25.4. The molecule has 0 saturated carbocycles. The van der Waals surface area contributed by atoms with Gasteiger partial charge in [0, 0.05) is 26.2 Å². The van der Waals surface area contributed by atoms with Gasteiger partial charge in [0.05, 0.1) is 28.7 Å². The molecule has 0 aliphatic carbocycles. The summed E-state index contributed by atoms with van der Waals surface area (Å²) in [7, 11) is 0. The van der Waals surface area contributed by atoms with E-state index in [1.54, 1.807) is 23.0 Å². The van der Waals surface area contributed by atoms with Crippen molar-refractivity contribution in [3.63, 3.8) is 0 Å². The first-order valence-electron chi connectivity index (χ1n) is 10.3. The predicted octanol–water partition coefficient (Wildman–Crippen LogP) is 3.40. The number of carbonyl (C=O) groups is 1. The largest absolute Gasteiger partial charge is 0.366 e. The Bertz CT molecular complexity index is 1240. The van der Waals surface area contributed by atoms with Crippen LogP contribution in [-0.4, -0.2) is 62.5 Å². The molecule has 1 saturated heterocycles. The first kappa shape index (κ1) is 20.4. The Kier molecular flexibility index (Phi) is 5.72. The van der Waals surface area contributed by atoms with E-state index >= 15 is 0 Å². The van der Waals surface area contributed by atoms with E-state index in [9.17, 15) is 9.18 Å². The zero-order valence-electron chi connectivity index (χ0n) is 17.3. The summed E-state index contributed by atoms with van der Waals surface area (Å²) in [5.74, 6) is 0.0968. The maximum Gasteiger partial charge on any atom is 0.233 e. The van der Waals surface area contributed by atoms with Crippen molar-refractivity contribution in [1.29, 1.82) is 0 Å². The minimum atomic E-state index is -0.230. The average molecular weight is 449 g/mol. The lowest BCUT2D eigenvalue weighted by atomic mass is 10.2. The van der Waals surface area contributed by atoms with Crippen LogP contribution in [0.4, 0.5) is 10.1 Å². The minimum Gasteiger partial charge on any atom is -0.366 e. The van der Waals surface area contributed by atoms with Gasteiger partial charge in [0.15, 0.2) is 5.65 Å². The first-order chi connectivity index (χ1) is 15.7. The zero-order valence-corrected chi connectivity index (χ0v) is 18.1. The number of piperazine rings is 1. The molecule has 9 heteroatoms. The topological polar surface area (TPSA) is 67.2 Å². The molecular weight excluding hydrogens is 427 g/mol. The van der Waals surface area contributed by atoms with Gasteiger partial charge >= 0.3 is 0 Å². The van der Waals surface area contributed by atoms with E-state index in [4.69, 9.17) is 0 Å². The number of amides is 1. The molecule has 7 nitrogen and oxygen atoms in total. The van der Waals surface area contributed by atoms with Gasteiger partial charge in [-0.2, -0.15) is 5.10 Å². The van der Waals surface area contributed by atoms with Gasteiger partial charge in [0.1, 0.15) is 17.2 Å². The van der Waals surface area contributed by atoms with Crippen molar-refractivity contribution < 1.29 is 9.18 Å². The molecule has 5 rings (SSSR count). The Balaban J connectivity index is 1.23. The Hall–Kier alpha value is -3.46. The standard InChI is InChI=1S/C23H21FN6OS/c24-19-8-4-5-9-20(19)28-10-12-29(13-11-28)21(31)15-32-23-18-14-27-30(22(18)25-16-26-23)17-6-2-1-3-7-17/h1-9,14,16H,10-13,15H2. The third-order valence-corrected chi connectivity index (χ3v) is 6.48. The van der Waals surface area contributed by atoms with Gasteiger partial charge in [-0.25, -0.2) is 19.0 Å². The summed E-state index contributed by atoms with van der Waals surface area (Å²) in [5, 5.41) is 6.01. The number of benzene rings is 2. The molecule has 0 spiro atoms. The Morgan fingerprint density at radius 3 is 2.50 bits per heavy atom. The molecule has 1 fully saturated rings. The molecule has 2 aromatic carbocycles. The molecule has 2 aromatic heterocycles. The lowest BCUT2D eigenvalue weighted by molar-refractivity contribution is -0.128. The van der Waals surface area contributed by atoms with Crippen LogP contribution in [0.15, 0.2) is 72.1 Å². The van der Waals surface area contributed by atoms with Crippen LogP contribution in [0.25, 0.3) is 16.7 Å². The van der Waals surface area contributed by atoms with Crippen LogP contribution in [0.2, 0.25) is 0 Å². The molecule has 1 aliphatic heterocycles. The number of hydrogen-bond acceptors (Lipinski definition) is 6. The highest BCUT2D eigenvalue weighted by molar-refractivity contribution is 8.00. The third-order valence-electron chi connectivity index (χ3n) is 5.49. The maximum atomic E-state index is 14.0. The highest BCUT2D eigenvalue weighted by atomic mass is 32.2. The monoisotopic (exact) mass is 448 g/mol. The fourth-order valence-electron chi connectivity index (χ4n) is 3.82. The zero-order chi connectivity index (χ0) is 21.9. The number of carbonyl (C=O) groups excluding carboxylic acids is 1. The molecule has 0 radical (unpaired) electrons. The highest BCUT2D eigenvalue weighted by Gasteiger charge is 2.23. The molecule has 4 aromatic rings. The minimum absolute atomic E-state index is 0.0467. The van der Waals surface area contributed by atoms with Crippen molar-refractivity contribution >= 4 is 34.4 Å². The Morgan fingerprint density at radius 1 is 0.969 bits per heavy atom. The SMILES string of the molecule is O=C(CSc1ncnc2c1cnn2-c1ccccc1)N1CCN(c2ccccc2F)CC1. The van der Waals surface area contributed by atoms with E-state index < -0.39 is 0 Å². The molecule has 1 aliphatic rings. The number of halogens is 1. The molecule has 0 atom stereocenters. The van der Waals surface area contributed by atoms with Crippen LogP contribution in [-0.2, 0) is 4.79 Å². The third kappa shape index (κ3) is 4.03. The van der Waals surface area contributed by atoms with Crippen LogP contribution >= 0.6 is 11.8 Å². The Labute approximate surface area is 188 Å². The number of aromatic nitrogens is 4. The van der Waals surface area contributed by atoms with E-state index in [1.165, 1.54) is 24.2 Å². The van der Waals surface area contributed by atoms with Crippen molar-refractivity contribution in [1.82, 2.24) is 24.6 Å². The van der Waals surface area contributed by atoms with Crippen LogP contribution in [0, 0.1) is 5.82 Å². The van der Waals surface area contributed by atoms with E-state index in [0.717, 1.165) is 16.1 Å². The summed E-state index contributed by atoms with van der Waals surface area (Å²) in [6.45, 7) is 2.36. The van der Waals surface area contributed by atoms with Crippen molar-refractivity contribution in [3.05, 3.63) is 72.9 Å². The lowest BCUT2D eigenvalue weighted by Crippen LogP contribution is -2.49. The van der Waals surface area contributed by atoms with E-state index in [-0.39, 0.29) is 17.5 Å². The van der Waals surface area contributed by atoms with Gasteiger partial charge in [-0.05, 0) is 24.3 Å². The molecule has 0 unspecified atom stereocenters. The van der Waals surface area contributed by atoms with Gasteiger partial charge in [0.2, 0.25) is 5.91 Å². The van der Waals surface area contributed by atoms with E-state index in [2.05, 4.69) is 15.1 Å². The summed E-state index contributed by atoms with van der Waals surface area (Å²) in [6, 6.07) is 16.5. The summed E-state index contributed by atoms with van der Waals surface area (Å²) in [6.07, 6.45) is 3.24. The summed E-state index contributed by atoms with van der Waals surface area (Å²) < 4.78 is 15.8. The highest BCUT2D eigenvalue weighted by Crippen LogP contribution is 2.26. The number of para-hydroxylation sites is 2. The van der Waals surface area contributed by atoms with Gasteiger partial charge in [0.25, 0.3) is 0 Å². The normalized spacial score (nSPS) is 14.2. The predicted molar refractivity (Wildman–Crippen MR) is 123 cm³/mol. The van der Waals surface area contributed by atoms with Gasteiger partial charge in [-0.1, -0.05) is 42.1 Å². The van der Waals surface area contributed by atoms with Gasteiger partial charge in [-0.3, -0.25) is 4.79 Å². The molecule has 162 valence electrons. The second-order valence-corrected chi connectivity index (χ2v) is 8.38. The fraction of sp³-hybridized carbons (Fsp3) is 0.217.